The molecule has 3 heteroatoms. The minimum absolute atomic E-state index is 0.280. The summed E-state index contributed by atoms with van der Waals surface area (Å²) in [7, 11) is 0. The van der Waals surface area contributed by atoms with E-state index in [1.807, 2.05) is 18.2 Å². The summed E-state index contributed by atoms with van der Waals surface area (Å²) < 4.78 is 5.57. The standard InChI is InChI=1S/C24H28N2O/c1-17(2)23-24(20-11-6-5-7-12-20)25-21-14-13-19(16-22(21)26-23)10-8-9-15-27-18(3)4/h5-8,10-14,16-18H,9,15H2,1-4H3/b10-8+. The Bertz CT molecular complexity index is 914. The summed E-state index contributed by atoms with van der Waals surface area (Å²) in [5.41, 5.74) is 6.15. The summed E-state index contributed by atoms with van der Waals surface area (Å²) in [5.74, 6) is 0.310. The van der Waals surface area contributed by atoms with Gasteiger partial charge in [-0.05, 0) is 43.9 Å². The minimum Gasteiger partial charge on any atom is -0.378 e. The van der Waals surface area contributed by atoms with Gasteiger partial charge in [-0.2, -0.15) is 0 Å². The zero-order valence-corrected chi connectivity index (χ0v) is 16.6. The summed E-state index contributed by atoms with van der Waals surface area (Å²) in [4.78, 5) is 9.89. The van der Waals surface area contributed by atoms with Gasteiger partial charge in [-0.25, -0.2) is 9.97 Å². The SMILES string of the molecule is CC(C)OCC/C=C/c1ccc2nc(-c3ccccc3)c(C(C)C)nc2c1. The van der Waals surface area contributed by atoms with Crippen LogP contribution in [-0.4, -0.2) is 22.7 Å². The van der Waals surface area contributed by atoms with Crippen molar-refractivity contribution in [2.75, 3.05) is 6.61 Å². The summed E-state index contributed by atoms with van der Waals surface area (Å²) in [6, 6.07) is 16.6. The molecule has 0 N–H and O–H groups in total. The van der Waals surface area contributed by atoms with Gasteiger partial charge in [0.05, 0.1) is 35.1 Å². The van der Waals surface area contributed by atoms with E-state index in [0.29, 0.717) is 5.92 Å². The van der Waals surface area contributed by atoms with Crippen molar-refractivity contribution in [3.05, 3.63) is 65.9 Å². The maximum Gasteiger partial charge on any atom is 0.0927 e. The minimum atomic E-state index is 0.280. The molecule has 140 valence electrons. The Kier molecular flexibility index (Phi) is 6.36. The topological polar surface area (TPSA) is 35.0 Å². The van der Waals surface area contributed by atoms with Crippen molar-refractivity contribution >= 4 is 17.1 Å². The van der Waals surface area contributed by atoms with E-state index >= 15 is 0 Å². The monoisotopic (exact) mass is 360 g/mol. The van der Waals surface area contributed by atoms with Crippen molar-refractivity contribution in [3.63, 3.8) is 0 Å². The number of hydrogen-bond acceptors (Lipinski definition) is 3. The number of aromatic nitrogens is 2. The van der Waals surface area contributed by atoms with Gasteiger partial charge in [-0.3, -0.25) is 0 Å². The lowest BCUT2D eigenvalue weighted by Gasteiger charge is -2.13. The molecule has 1 heterocycles. The van der Waals surface area contributed by atoms with Gasteiger partial charge >= 0.3 is 0 Å². The molecule has 0 aliphatic carbocycles. The molecule has 0 unspecified atom stereocenters. The van der Waals surface area contributed by atoms with Gasteiger partial charge in [0, 0.05) is 5.56 Å². The van der Waals surface area contributed by atoms with Gasteiger partial charge in [-0.1, -0.05) is 62.4 Å². The van der Waals surface area contributed by atoms with Crippen LogP contribution in [0.5, 0.6) is 0 Å². The van der Waals surface area contributed by atoms with Crippen LogP contribution in [0.2, 0.25) is 0 Å². The Hall–Kier alpha value is -2.52. The lowest BCUT2D eigenvalue weighted by atomic mass is 10.0. The lowest BCUT2D eigenvalue weighted by Crippen LogP contribution is -2.02. The smallest absolute Gasteiger partial charge is 0.0927 e. The van der Waals surface area contributed by atoms with Crippen molar-refractivity contribution < 1.29 is 4.74 Å². The van der Waals surface area contributed by atoms with Crippen molar-refractivity contribution in [3.8, 4) is 11.3 Å². The fourth-order valence-corrected chi connectivity index (χ4v) is 2.99. The largest absolute Gasteiger partial charge is 0.378 e. The third-order valence-electron chi connectivity index (χ3n) is 4.36. The molecule has 27 heavy (non-hydrogen) atoms. The van der Waals surface area contributed by atoms with Crippen LogP contribution in [0.4, 0.5) is 0 Å². The molecule has 2 aromatic carbocycles. The Balaban J connectivity index is 1.90. The quantitative estimate of drug-likeness (QED) is 0.467. The van der Waals surface area contributed by atoms with Crippen LogP contribution in [0, 0.1) is 0 Å². The highest BCUT2D eigenvalue weighted by atomic mass is 16.5. The Labute approximate surface area is 162 Å². The van der Waals surface area contributed by atoms with Crippen molar-refractivity contribution in [1.82, 2.24) is 9.97 Å². The van der Waals surface area contributed by atoms with E-state index in [0.717, 1.165) is 46.6 Å². The van der Waals surface area contributed by atoms with Crippen molar-refractivity contribution in [1.29, 1.82) is 0 Å². The Morgan fingerprint density at radius 1 is 0.926 bits per heavy atom. The average molecular weight is 361 g/mol. The van der Waals surface area contributed by atoms with Crippen LogP contribution >= 0.6 is 0 Å². The molecule has 0 spiro atoms. The van der Waals surface area contributed by atoms with Gasteiger partial charge in [0.25, 0.3) is 0 Å². The van der Waals surface area contributed by atoms with Crippen molar-refractivity contribution in [2.45, 2.75) is 46.1 Å². The zero-order chi connectivity index (χ0) is 19.2. The molecule has 0 aliphatic heterocycles. The normalized spacial score (nSPS) is 11.9. The van der Waals surface area contributed by atoms with E-state index in [2.05, 4.69) is 70.2 Å². The average Bonchev–Trinajstić information content (AvgIpc) is 2.67. The molecule has 0 aliphatic rings. The highest BCUT2D eigenvalue weighted by molar-refractivity contribution is 5.81. The molecule has 3 rings (SSSR count). The fourth-order valence-electron chi connectivity index (χ4n) is 2.99. The van der Waals surface area contributed by atoms with E-state index in [1.54, 1.807) is 0 Å². The molecule has 0 radical (unpaired) electrons. The van der Waals surface area contributed by atoms with Gasteiger partial charge in [-0.15, -0.1) is 0 Å². The number of rotatable bonds is 7. The first-order valence-electron chi connectivity index (χ1n) is 9.70. The zero-order valence-electron chi connectivity index (χ0n) is 16.6. The van der Waals surface area contributed by atoms with E-state index < -0.39 is 0 Å². The van der Waals surface area contributed by atoms with Crippen LogP contribution < -0.4 is 0 Å². The highest BCUT2D eigenvalue weighted by Gasteiger charge is 2.14. The molecular weight excluding hydrogens is 332 g/mol. The first-order chi connectivity index (χ1) is 13.0. The fraction of sp³-hybridized carbons (Fsp3) is 0.333. The number of fused-ring (bicyclic) bond motifs is 1. The molecule has 3 nitrogen and oxygen atoms in total. The predicted molar refractivity (Wildman–Crippen MR) is 114 cm³/mol. The molecule has 1 aromatic heterocycles. The number of nitrogens with zero attached hydrogens (tertiary/aromatic N) is 2. The Morgan fingerprint density at radius 2 is 1.70 bits per heavy atom. The second-order valence-electron chi connectivity index (χ2n) is 7.34. The molecule has 0 bridgehead atoms. The lowest BCUT2D eigenvalue weighted by molar-refractivity contribution is 0.0827. The molecule has 0 fully saturated rings. The van der Waals surface area contributed by atoms with E-state index in [1.165, 1.54) is 0 Å². The van der Waals surface area contributed by atoms with E-state index in [-0.39, 0.29) is 6.10 Å². The van der Waals surface area contributed by atoms with Gasteiger partial charge < -0.3 is 4.74 Å². The van der Waals surface area contributed by atoms with Gasteiger partial charge in [0.2, 0.25) is 0 Å². The molecule has 3 aromatic rings. The predicted octanol–water partition coefficient (Wildman–Crippen LogP) is 6.25. The molecule has 0 amide bonds. The summed E-state index contributed by atoms with van der Waals surface area (Å²) in [5, 5.41) is 0. The first kappa shape index (κ1) is 19.2. The van der Waals surface area contributed by atoms with Crippen LogP contribution in [0.1, 0.15) is 51.3 Å². The highest BCUT2D eigenvalue weighted by Crippen LogP contribution is 2.28. The second-order valence-corrected chi connectivity index (χ2v) is 7.34. The van der Waals surface area contributed by atoms with Crippen LogP contribution in [0.25, 0.3) is 28.4 Å². The second kappa shape index (κ2) is 8.92. The third-order valence-corrected chi connectivity index (χ3v) is 4.36. The first-order valence-corrected chi connectivity index (χ1v) is 9.70. The Morgan fingerprint density at radius 3 is 2.41 bits per heavy atom. The number of hydrogen-bond donors (Lipinski definition) is 0. The summed E-state index contributed by atoms with van der Waals surface area (Å²) >= 11 is 0. The van der Waals surface area contributed by atoms with Crippen molar-refractivity contribution in [2.24, 2.45) is 0 Å². The molecule has 0 atom stereocenters. The number of benzene rings is 2. The van der Waals surface area contributed by atoms with Gasteiger partial charge in [0.15, 0.2) is 0 Å². The molecule has 0 saturated carbocycles. The van der Waals surface area contributed by atoms with Crippen LogP contribution in [-0.2, 0) is 4.74 Å². The number of ether oxygens (including phenoxy) is 1. The third kappa shape index (κ3) is 5.01. The van der Waals surface area contributed by atoms with Crippen LogP contribution in [0.3, 0.4) is 0 Å². The maximum absolute atomic E-state index is 5.57. The van der Waals surface area contributed by atoms with E-state index in [9.17, 15) is 0 Å². The van der Waals surface area contributed by atoms with E-state index in [4.69, 9.17) is 14.7 Å². The summed E-state index contributed by atoms with van der Waals surface area (Å²) in [6.07, 6.45) is 5.47. The molecule has 0 saturated heterocycles. The molecular formula is C24H28N2O. The summed E-state index contributed by atoms with van der Waals surface area (Å²) in [6.45, 7) is 9.20. The van der Waals surface area contributed by atoms with Gasteiger partial charge in [0.1, 0.15) is 0 Å². The van der Waals surface area contributed by atoms with Crippen LogP contribution in [0.15, 0.2) is 54.6 Å². The maximum atomic E-state index is 5.57.